The summed E-state index contributed by atoms with van der Waals surface area (Å²) in [7, 11) is -3.81. The molecule has 0 bridgehead atoms. The summed E-state index contributed by atoms with van der Waals surface area (Å²) in [6.45, 7) is 2.09. The molecule has 0 saturated carbocycles. The van der Waals surface area contributed by atoms with Crippen molar-refractivity contribution in [2.75, 3.05) is 6.61 Å². The third kappa shape index (κ3) is 1.92. The van der Waals surface area contributed by atoms with Crippen LogP contribution in [0.4, 0.5) is 0 Å². The minimum absolute atomic E-state index is 0.0264. The normalized spacial score (nSPS) is 11.5. The largest absolute Gasteiger partial charge is 0.463 e. The van der Waals surface area contributed by atoms with Gasteiger partial charge in [0.05, 0.1) is 6.61 Å². The van der Waals surface area contributed by atoms with Crippen LogP contribution in [0.1, 0.15) is 6.92 Å². The van der Waals surface area contributed by atoms with Crippen LogP contribution in [0.15, 0.2) is 5.16 Å². The Bertz CT molecular complexity index is 356. The fourth-order valence-electron chi connectivity index (χ4n) is 0.553. The summed E-state index contributed by atoms with van der Waals surface area (Å²) in [6.07, 6.45) is 0. The number of sulfonamides is 1. The minimum Gasteiger partial charge on any atom is -0.463 e. The Morgan fingerprint density at radius 1 is 1.67 bits per heavy atom. The fraction of sp³-hybridized carbons (Fsp3) is 0.500. The molecule has 0 saturated heterocycles. The van der Waals surface area contributed by atoms with Crippen LogP contribution in [-0.2, 0) is 10.0 Å². The number of aromatic amines is 1. The predicted octanol–water partition coefficient (Wildman–Crippen LogP) is -1.15. The number of nitrogens with two attached hydrogens (primary N) is 1. The number of nitrogens with zero attached hydrogens (tertiary/aromatic N) is 2. The van der Waals surface area contributed by atoms with E-state index in [1.54, 1.807) is 6.92 Å². The number of ether oxygens (including phenoxy) is 1. The Kier molecular flexibility index (Phi) is 2.29. The lowest BCUT2D eigenvalue weighted by molar-refractivity contribution is 0.313. The monoisotopic (exact) mass is 192 g/mol. The average Bonchev–Trinajstić information content (AvgIpc) is 2.35. The molecule has 12 heavy (non-hydrogen) atoms. The van der Waals surface area contributed by atoms with E-state index < -0.39 is 15.2 Å². The zero-order valence-corrected chi connectivity index (χ0v) is 7.13. The molecule has 0 radical (unpaired) electrons. The molecule has 0 spiro atoms. The van der Waals surface area contributed by atoms with Gasteiger partial charge < -0.3 is 4.74 Å². The van der Waals surface area contributed by atoms with Gasteiger partial charge in [0, 0.05) is 0 Å². The molecule has 1 heterocycles. The van der Waals surface area contributed by atoms with Gasteiger partial charge in [0.2, 0.25) is 0 Å². The van der Waals surface area contributed by atoms with Crippen molar-refractivity contribution in [1.29, 1.82) is 0 Å². The van der Waals surface area contributed by atoms with Crippen LogP contribution in [0.2, 0.25) is 0 Å². The highest BCUT2D eigenvalue weighted by Crippen LogP contribution is 2.04. The van der Waals surface area contributed by atoms with E-state index in [0.717, 1.165) is 0 Å². The summed E-state index contributed by atoms with van der Waals surface area (Å²) in [6, 6.07) is -0.0264. The molecule has 0 aliphatic heterocycles. The Morgan fingerprint density at radius 2 is 2.33 bits per heavy atom. The lowest BCUT2D eigenvalue weighted by atomic mass is 10.9. The highest BCUT2D eigenvalue weighted by Gasteiger charge is 2.13. The second kappa shape index (κ2) is 3.07. The zero-order chi connectivity index (χ0) is 9.19. The van der Waals surface area contributed by atoms with Gasteiger partial charge in [-0.05, 0) is 6.92 Å². The Balaban J connectivity index is 2.92. The highest BCUT2D eigenvalue weighted by atomic mass is 32.2. The van der Waals surface area contributed by atoms with Crippen LogP contribution in [0.3, 0.4) is 0 Å². The Labute approximate surface area is 69.0 Å². The van der Waals surface area contributed by atoms with E-state index in [1.807, 2.05) is 0 Å². The summed E-state index contributed by atoms with van der Waals surface area (Å²) in [5.41, 5.74) is 0. The molecule has 0 aromatic carbocycles. The molecule has 0 amide bonds. The van der Waals surface area contributed by atoms with E-state index in [9.17, 15) is 8.42 Å². The fourth-order valence-corrected chi connectivity index (χ4v) is 0.932. The molecule has 0 fully saturated rings. The van der Waals surface area contributed by atoms with E-state index in [2.05, 4.69) is 15.2 Å². The van der Waals surface area contributed by atoms with Gasteiger partial charge in [-0.3, -0.25) is 0 Å². The molecule has 1 aromatic rings. The van der Waals surface area contributed by atoms with Crippen LogP contribution >= 0.6 is 0 Å². The van der Waals surface area contributed by atoms with Gasteiger partial charge in [-0.15, -0.1) is 5.10 Å². The number of rotatable bonds is 3. The van der Waals surface area contributed by atoms with Gasteiger partial charge in [-0.25, -0.2) is 18.7 Å². The van der Waals surface area contributed by atoms with Crippen LogP contribution in [-0.4, -0.2) is 30.2 Å². The molecule has 8 heteroatoms. The quantitative estimate of drug-likeness (QED) is 0.628. The van der Waals surface area contributed by atoms with Crippen molar-refractivity contribution in [1.82, 2.24) is 15.2 Å². The molecule has 7 nitrogen and oxygen atoms in total. The molecular formula is C4H8N4O3S. The molecule has 0 unspecified atom stereocenters. The summed E-state index contributed by atoms with van der Waals surface area (Å²) in [4.78, 5) is 3.47. The zero-order valence-electron chi connectivity index (χ0n) is 6.31. The summed E-state index contributed by atoms with van der Waals surface area (Å²) < 4.78 is 26.1. The van der Waals surface area contributed by atoms with Crippen molar-refractivity contribution in [3.8, 4) is 6.01 Å². The molecular weight excluding hydrogens is 184 g/mol. The second-order valence-electron chi connectivity index (χ2n) is 1.90. The Morgan fingerprint density at radius 3 is 2.75 bits per heavy atom. The minimum atomic E-state index is -3.81. The smallest absolute Gasteiger partial charge is 0.336 e. The maximum Gasteiger partial charge on any atom is 0.336 e. The molecule has 1 aromatic heterocycles. The van der Waals surface area contributed by atoms with E-state index in [4.69, 9.17) is 9.88 Å². The number of hydrogen-bond acceptors (Lipinski definition) is 5. The van der Waals surface area contributed by atoms with E-state index in [0.29, 0.717) is 6.61 Å². The van der Waals surface area contributed by atoms with Crippen molar-refractivity contribution in [2.24, 2.45) is 5.14 Å². The van der Waals surface area contributed by atoms with Crippen LogP contribution < -0.4 is 9.88 Å². The summed E-state index contributed by atoms with van der Waals surface area (Å²) in [5, 5.41) is 9.94. The van der Waals surface area contributed by atoms with Crippen molar-refractivity contribution >= 4 is 10.0 Å². The highest BCUT2D eigenvalue weighted by molar-refractivity contribution is 7.89. The summed E-state index contributed by atoms with van der Waals surface area (Å²) >= 11 is 0. The predicted molar refractivity (Wildman–Crippen MR) is 38.9 cm³/mol. The number of aromatic nitrogens is 3. The molecule has 0 atom stereocenters. The second-order valence-corrected chi connectivity index (χ2v) is 3.38. The van der Waals surface area contributed by atoms with E-state index in [1.165, 1.54) is 0 Å². The first-order valence-corrected chi connectivity index (χ1v) is 4.66. The van der Waals surface area contributed by atoms with Crippen molar-refractivity contribution in [3.63, 3.8) is 0 Å². The van der Waals surface area contributed by atoms with Gasteiger partial charge in [-0.1, -0.05) is 0 Å². The molecule has 1 rings (SSSR count). The standard InChI is InChI=1S/C4H8N4O3S/c1-2-11-3-6-4(8-7-3)12(5,9)10/h2H2,1H3,(H2,5,9,10)(H,6,7,8). The number of H-pyrrole nitrogens is 1. The molecule has 0 aliphatic carbocycles. The van der Waals surface area contributed by atoms with Crippen LogP contribution in [0.25, 0.3) is 0 Å². The van der Waals surface area contributed by atoms with Crippen LogP contribution in [0, 0.1) is 0 Å². The summed E-state index contributed by atoms with van der Waals surface area (Å²) in [5.74, 6) is 0. The van der Waals surface area contributed by atoms with Gasteiger partial charge in [0.25, 0.3) is 15.2 Å². The molecule has 68 valence electrons. The van der Waals surface area contributed by atoms with E-state index in [-0.39, 0.29) is 6.01 Å². The number of primary sulfonamides is 1. The first-order chi connectivity index (χ1) is 5.54. The van der Waals surface area contributed by atoms with Gasteiger partial charge in [-0.2, -0.15) is 4.98 Å². The SMILES string of the molecule is CCOc1n[nH]c(S(N)(=O)=O)n1. The third-order valence-electron chi connectivity index (χ3n) is 0.987. The molecule has 0 aliphatic rings. The lowest BCUT2D eigenvalue weighted by Crippen LogP contribution is -2.13. The van der Waals surface area contributed by atoms with Gasteiger partial charge in [0.15, 0.2) is 0 Å². The van der Waals surface area contributed by atoms with Gasteiger partial charge in [0.1, 0.15) is 0 Å². The first kappa shape index (κ1) is 8.94. The lowest BCUT2D eigenvalue weighted by Gasteiger charge is -1.91. The third-order valence-corrected chi connectivity index (χ3v) is 1.71. The van der Waals surface area contributed by atoms with Crippen molar-refractivity contribution in [2.45, 2.75) is 12.1 Å². The van der Waals surface area contributed by atoms with Crippen LogP contribution in [0.5, 0.6) is 6.01 Å². The van der Waals surface area contributed by atoms with Crippen molar-refractivity contribution < 1.29 is 13.2 Å². The Hall–Kier alpha value is -1.15. The maximum atomic E-state index is 10.6. The van der Waals surface area contributed by atoms with Crippen molar-refractivity contribution in [3.05, 3.63) is 0 Å². The molecule has 3 N–H and O–H groups in total. The number of hydrogen-bond donors (Lipinski definition) is 2. The maximum absolute atomic E-state index is 10.6. The number of nitrogens with one attached hydrogen (secondary N) is 1. The van der Waals surface area contributed by atoms with Gasteiger partial charge >= 0.3 is 6.01 Å². The van der Waals surface area contributed by atoms with E-state index >= 15 is 0 Å². The topological polar surface area (TPSA) is 111 Å². The average molecular weight is 192 g/mol. The first-order valence-electron chi connectivity index (χ1n) is 3.12.